The van der Waals surface area contributed by atoms with Crippen LogP contribution < -0.4 is 5.43 Å². The standard InChI is InChI=1S/C11H6Cl3NO/c12-7-1-6(2-8(13)3-7)9-4-15-5-10(14)11(9)16/h1-5H,(H,15,16). The predicted molar refractivity (Wildman–Crippen MR) is 67.5 cm³/mol. The molecule has 2 aromatic rings. The molecule has 0 saturated heterocycles. The quantitative estimate of drug-likeness (QED) is 0.837. The Bertz CT molecular complexity index is 572. The topological polar surface area (TPSA) is 32.9 Å². The molecule has 0 spiro atoms. The van der Waals surface area contributed by atoms with Crippen molar-refractivity contribution in [3.63, 3.8) is 0 Å². The van der Waals surface area contributed by atoms with E-state index in [0.29, 0.717) is 21.2 Å². The number of hydrogen-bond donors (Lipinski definition) is 1. The van der Waals surface area contributed by atoms with Crippen molar-refractivity contribution in [1.82, 2.24) is 4.98 Å². The lowest BCUT2D eigenvalue weighted by atomic mass is 10.1. The summed E-state index contributed by atoms with van der Waals surface area (Å²) in [6.07, 6.45) is 3.00. The van der Waals surface area contributed by atoms with Gasteiger partial charge in [-0.3, -0.25) is 4.79 Å². The fourth-order valence-electron chi connectivity index (χ4n) is 1.38. The summed E-state index contributed by atoms with van der Waals surface area (Å²) in [5.74, 6) is 0. The highest BCUT2D eigenvalue weighted by molar-refractivity contribution is 6.35. The number of benzene rings is 1. The van der Waals surface area contributed by atoms with Gasteiger partial charge in [0, 0.05) is 28.0 Å². The van der Waals surface area contributed by atoms with E-state index in [2.05, 4.69) is 4.98 Å². The van der Waals surface area contributed by atoms with Gasteiger partial charge in [-0.1, -0.05) is 34.8 Å². The number of hydrogen-bond acceptors (Lipinski definition) is 1. The maximum absolute atomic E-state index is 11.8. The van der Waals surface area contributed by atoms with Crippen LogP contribution in [0.1, 0.15) is 0 Å². The molecule has 0 unspecified atom stereocenters. The van der Waals surface area contributed by atoms with Gasteiger partial charge >= 0.3 is 0 Å². The van der Waals surface area contributed by atoms with E-state index in [1.54, 1.807) is 24.4 Å². The van der Waals surface area contributed by atoms with Gasteiger partial charge in [-0.25, -0.2) is 0 Å². The van der Waals surface area contributed by atoms with Crippen LogP contribution in [0.4, 0.5) is 0 Å². The zero-order valence-corrected chi connectivity index (χ0v) is 10.2. The van der Waals surface area contributed by atoms with Crippen LogP contribution in [-0.4, -0.2) is 4.98 Å². The normalized spacial score (nSPS) is 10.4. The van der Waals surface area contributed by atoms with Gasteiger partial charge in [0.25, 0.3) is 0 Å². The number of aromatic amines is 1. The Labute approximate surface area is 107 Å². The van der Waals surface area contributed by atoms with E-state index in [0.717, 1.165) is 0 Å². The molecule has 0 aliphatic heterocycles. The predicted octanol–water partition coefficient (Wildman–Crippen LogP) is 4.00. The van der Waals surface area contributed by atoms with Crippen LogP contribution in [0.25, 0.3) is 11.1 Å². The van der Waals surface area contributed by atoms with Crippen molar-refractivity contribution in [2.24, 2.45) is 0 Å². The number of pyridine rings is 1. The number of nitrogens with one attached hydrogen (secondary N) is 1. The fourth-order valence-corrected chi connectivity index (χ4v) is 2.07. The summed E-state index contributed by atoms with van der Waals surface area (Å²) >= 11 is 17.5. The van der Waals surface area contributed by atoms with Gasteiger partial charge in [-0.15, -0.1) is 0 Å². The summed E-state index contributed by atoms with van der Waals surface area (Å²) in [4.78, 5) is 14.5. The van der Waals surface area contributed by atoms with E-state index >= 15 is 0 Å². The van der Waals surface area contributed by atoms with Crippen LogP contribution in [0.15, 0.2) is 35.4 Å². The Morgan fingerprint density at radius 1 is 0.938 bits per heavy atom. The molecule has 0 radical (unpaired) electrons. The first-order chi connectivity index (χ1) is 7.58. The van der Waals surface area contributed by atoms with E-state index in [4.69, 9.17) is 34.8 Å². The van der Waals surface area contributed by atoms with Gasteiger partial charge in [0.1, 0.15) is 5.02 Å². The van der Waals surface area contributed by atoms with Gasteiger partial charge in [-0.05, 0) is 23.8 Å². The third kappa shape index (κ3) is 2.24. The number of H-pyrrole nitrogens is 1. The van der Waals surface area contributed by atoms with Crippen LogP contribution in [0, 0.1) is 0 Å². The average molecular weight is 275 g/mol. The number of aromatic nitrogens is 1. The summed E-state index contributed by atoms with van der Waals surface area (Å²) in [5, 5.41) is 1.08. The van der Waals surface area contributed by atoms with E-state index < -0.39 is 0 Å². The second kappa shape index (κ2) is 4.50. The summed E-state index contributed by atoms with van der Waals surface area (Å²) in [7, 11) is 0. The first kappa shape index (κ1) is 11.5. The molecule has 0 aliphatic carbocycles. The molecule has 1 heterocycles. The zero-order valence-electron chi connectivity index (χ0n) is 7.93. The van der Waals surface area contributed by atoms with E-state index in [1.807, 2.05) is 0 Å². The van der Waals surface area contributed by atoms with Crippen molar-refractivity contribution in [3.8, 4) is 11.1 Å². The van der Waals surface area contributed by atoms with Gasteiger partial charge in [0.15, 0.2) is 0 Å². The minimum absolute atomic E-state index is 0.133. The minimum Gasteiger partial charge on any atom is -0.366 e. The molecule has 0 saturated carbocycles. The highest BCUT2D eigenvalue weighted by Crippen LogP contribution is 2.25. The van der Waals surface area contributed by atoms with Gasteiger partial charge in [-0.2, -0.15) is 0 Å². The summed E-state index contributed by atoms with van der Waals surface area (Å²) in [6.45, 7) is 0. The Morgan fingerprint density at radius 3 is 2.19 bits per heavy atom. The Hall–Kier alpha value is -0.960. The summed E-state index contributed by atoms with van der Waals surface area (Å²) < 4.78 is 0. The van der Waals surface area contributed by atoms with Crippen molar-refractivity contribution < 1.29 is 0 Å². The van der Waals surface area contributed by atoms with Crippen molar-refractivity contribution in [1.29, 1.82) is 0 Å². The smallest absolute Gasteiger partial charge is 0.207 e. The molecule has 1 N–H and O–H groups in total. The molecule has 0 bridgehead atoms. The van der Waals surface area contributed by atoms with Crippen LogP contribution in [-0.2, 0) is 0 Å². The molecule has 0 amide bonds. The summed E-state index contributed by atoms with van der Waals surface area (Å²) in [5.41, 5.74) is 0.830. The average Bonchev–Trinajstić information content (AvgIpc) is 2.20. The Balaban J connectivity index is 2.68. The van der Waals surface area contributed by atoms with Crippen molar-refractivity contribution in [3.05, 3.63) is 55.9 Å². The van der Waals surface area contributed by atoms with Crippen LogP contribution in [0.2, 0.25) is 15.1 Å². The molecule has 1 aromatic heterocycles. The van der Waals surface area contributed by atoms with E-state index in [1.165, 1.54) is 6.20 Å². The highest BCUT2D eigenvalue weighted by Gasteiger charge is 2.07. The molecule has 16 heavy (non-hydrogen) atoms. The lowest BCUT2D eigenvalue weighted by Crippen LogP contribution is -2.05. The first-order valence-corrected chi connectivity index (χ1v) is 5.54. The summed E-state index contributed by atoms with van der Waals surface area (Å²) in [6, 6.07) is 4.92. The molecule has 2 nitrogen and oxygen atoms in total. The van der Waals surface area contributed by atoms with Crippen LogP contribution in [0.3, 0.4) is 0 Å². The van der Waals surface area contributed by atoms with Crippen LogP contribution in [0.5, 0.6) is 0 Å². The van der Waals surface area contributed by atoms with E-state index in [-0.39, 0.29) is 10.5 Å². The van der Waals surface area contributed by atoms with Gasteiger partial charge in [0.2, 0.25) is 5.43 Å². The second-order valence-electron chi connectivity index (χ2n) is 3.20. The van der Waals surface area contributed by atoms with E-state index in [9.17, 15) is 4.79 Å². The molecule has 0 aliphatic rings. The number of rotatable bonds is 1. The fraction of sp³-hybridized carbons (Fsp3) is 0. The van der Waals surface area contributed by atoms with Crippen molar-refractivity contribution in [2.75, 3.05) is 0 Å². The third-order valence-electron chi connectivity index (χ3n) is 2.07. The van der Waals surface area contributed by atoms with Crippen molar-refractivity contribution >= 4 is 34.8 Å². The zero-order chi connectivity index (χ0) is 11.7. The Kier molecular flexibility index (Phi) is 3.24. The monoisotopic (exact) mass is 273 g/mol. The Morgan fingerprint density at radius 2 is 1.56 bits per heavy atom. The first-order valence-electron chi connectivity index (χ1n) is 4.41. The molecule has 82 valence electrons. The molecule has 0 atom stereocenters. The lowest BCUT2D eigenvalue weighted by molar-refractivity contribution is 1.30. The maximum Gasteiger partial charge on any atom is 0.207 e. The third-order valence-corrected chi connectivity index (χ3v) is 2.79. The number of halogens is 3. The van der Waals surface area contributed by atoms with Gasteiger partial charge < -0.3 is 4.98 Å². The maximum atomic E-state index is 11.8. The molecule has 0 fully saturated rings. The lowest BCUT2D eigenvalue weighted by Gasteiger charge is -2.03. The minimum atomic E-state index is -0.251. The molecular formula is C11H6Cl3NO. The van der Waals surface area contributed by atoms with Gasteiger partial charge in [0.05, 0.1) is 0 Å². The van der Waals surface area contributed by atoms with Crippen LogP contribution >= 0.6 is 34.8 Å². The highest BCUT2D eigenvalue weighted by atomic mass is 35.5. The largest absolute Gasteiger partial charge is 0.366 e. The molecule has 1 aromatic carbocycles. The molecular weight excluding hydrogens is 268 g/mol. The second-order valence-corrected chi connectivity index (χ2v) is 4.48. The molecule has 5 heteroatoms. The SMILES string of the molecule is O=c1c(Cl)c[nH]cc1-c1cc(Cl)cc(Cl)c1. The molecule has 2 rings (SSSR count). The van der Waals surface area contributed by atoms with Crippen molar-refractivity contribution in [2.45, 2.75) is 0 Å².